The first-order valence-electron chi connectivity index (χ1n) is 8.41. The van der Waals surface area contributed by atoms with Crippen molar-refractivity contribution in [2.24, 2.45) is 0 Å². The molecule has 0 unspecified atom stereocenters. The average molecular weight is 328 g/mol. The van der Waals surface area contributed by atoms with Crippen LogP contribution in [0.4, 0.5) is 0 Å². The molecule has 1 aromatic heterocycles. The summed E-state index contributed by atoms with van der Waals surface area (Å²) < 4.78 is 7.85. The summed E-state index contributed by atoms with van der Waals surface area (Å²) in [5, 5.41) is 6.07. The van der Waals surface area contributed by atoms with Crippen molar-refractivity contribution in [3.8, 4) is 5.75 Å². The van der Waals surface area contributed by atoms with Crippen molar-refractivity contribution in [3.63, 3.8) is 0 Å². The predicted molar refractivity (Wildman–Crippen MR) is 91.9 cm³/mol. The number of fused-ring (bicyclic) bond motifs is 1. The molecule has 24 heavy (non-hydrogen) atoms. The van der Waals surface area contributed by atoms with Gasteiger partial charge in [0.05, 0.1) is 0 Å². The minimum atomic E-state index is -0.133. The molecule has 2 N–H and O–H groups in total. The van der Waals surface area contributed by atoms with Crippen molar-refractivity contribution < 1.29 is 9.53 Å². The van der Waals surface area contributed by atoms with E-state index in [1.807, 2.05) is 30.5 Å². The van der Waals surface area contributed by atoms with Gasteiger partial charge >= 0.3 is 0 Å². The number of nitrogens with one attached hydrogen (secondary N) is 2. The number of hydrogen-bond acceptors (Lipinski definition) is 4. The Labute approximate surface area is 142 Å². The van der Waals surface area contributed by atoms with Crippen LogP contribution in [0.2, 0.25) is 0 Å². The molecule has 6 heteroatoms. The summed E-state index contributed by atoms with van der Waals surface area (Å²) in [6.45, 7) is 2.71. The largest absolute Gasteiger partial charge is 0.483 e. The highest BCUT2D eigenvalue weighted by molar-refractivity contribution is 5.77. The van der Waals surface area contributed by atoms with Gasteiger partial charge in [0.2, 0.25) is 0 Å². The van der Waals surface area contributed by atoms with E-state index < -0.39 is 0 Å². The normalized spacial score (nSPS) is 16.5. The number of ether oxygens (including phenoxy) is 1. The lowest BCUT2D eigenvalue weighted by molar-refractivity contribution is -0.122. The molecule has 0 aliphatic carbocycles. The number of rotatable bonds is 7. The van der Waals surface area contributed by atoms with Gasteiger partial charge in [0.1, 0.15) is 11.6 Å². The Morgan fingerprint density at radius 2 is 2.29 bits per heavy atom. The first kappa shape index (κ1) is 16.5. The van der Waals surface area contributed by atoms with Crippen molar-refractivity contribution in [2.45, 2.75) is 31.8 Å². The van der Waals surface area contributed by atoms with Crippen LogP contribution in [0.5, 0.6) is 5.75 Å². The fourth-order valence-electron chi connectivity index (χ4n) is 3.09. The number of carbonyl (C=O) groups is 1. The second-order valence-corrected chi connectivity index (χ2v) is 6.02. The number of benzene rings is 1. The molecule has 3 rings (SSSR count). The van der Waals surface area contributed by atoms with Crippen LogP contribution in [0.3, 0.4) is 0 Å². The Morgan fingerprint density at radius 3 is 3.17 bits per heavy atom. The molecule has 6 nitrogen and oxygen atoms in total. The molecular formula is C18H24N4O2. The summed E-state index contributed by atoms with van der Waals surface area (Å²) >= 11 is 0. The molecule has 0 saturated carbocycles. The monoisotopic (exact) mass is 328 g/mol. The third-order valence-corrected chi connectivity index (χ3v) is 4.38. The molecule has 2 heterocycles. The third kappa shape index (κ3) is 3.94. The van der Waals surface area contributed by atoms with Gasteiger partial charge in [0.15, 0.2) is 6.61 Å². The van der Waals surface area contributed by atoms with E-state index in [0.717, 1.165) is 24.4 Å². The van der Waals surface area contributed by atoms with Crippen LogP contribution in [-0.2, 0) is 17.9 Å². The van der Waals surface area contributed by atoms with E-state index in [-0.39, 0.29) is 12.5 Å². The number of amides is 1. The van der Waals surface area contributed by atoms with Gasteiger partial charge in [-0.1, -0.05) is 18.2 Å². The van der Waals surface area contributed by atoms with E-state index >= 15 is 0 Å². The van der Waals surface area contributed by atoms with Gasteiger partial charge in [0, 0.05) is 50.6 Å². The Balaban J connectivity index is 1.55. The Morgan fingerprint density at radius 1 is 1.42 bits per heavy atom. The molecule has 2 aromatic rings. The highest BCUT2D eigenvalue weighted by Gasteiger charge is 2.20. The molecule has 1 aliphatic rings. The molecule has 0 fully saturated rings. The van der Waals surface area contributed by atoms with Crippen molar-refractivity contribution in [1.82, 2.24) is 20.2 Å². The van der Waals surface area contributed by atoms with E-state index in [1.165, 1.54) is 18.7 Å². The summed E-state index contributed by atoms with van der Waals surface area (Å²) in [7, 11) is 1.60. The van der Waals surface area contributed by atoms with Crippen LogP contribution in [-0.4, -0.2) is 35.7 Å². The Bertz CT molecular complexity index is 683. The fraction of sp³-hybridized carbons (Fsp3) is 0.444. The molecule has 128 valence electrons. The average Bonchev–Trinajstić information content (AvgIpc) is 3.10. The number of imidazole rings is 1. The molecule has 1 amide bonds. The molecule has 1 atom stereocenters. The summed E-state index contributed by atoms with van der Waals surface area (Å²) in [6.07, 6.45) is 6.30. The van der Waals surface area contributed by atoms with E-state index in [4.69, 9.17) is 4.74 Å². The lowest BCUT2D eigenvalue weighted by Crippen LogP contribution is -2.27. The van der Waals surface area contributed by atoms with Crippen LogP contribution in [0, 0.1) is 0 Å². The number of aryl methyl sites for hydroxylation is 1. The summed E-state index contributed by atoms with van der Waals surface area (Å²) in [6, 6.07) is 7.82. The van der Waals surface area contributed by atoms with E-state index in [2.05, 4.69) is 26.4 Å². The van der Waals surface area contributed by atoms with Crippen LogP contribution in [0.1, 0.15) is 30.1 Å². The zero-order valence-corrected chi connectivity index (χ0v) is 14.0. The summed E-state index contributed by atoms with van der Waals surface area (Å²) in [4.78, 5) is 15.8. The summed E-state index contributed by atoms with van der Waals surface area (Å²) in [5.74, 6) is 2.25. The Kier molecular flexibility index (Phi) is 5.48. The zero-order chi connectivity index (χ0) is 16.8. The van der Waals surface area contributed by atoms with Crippen molar-refractivity contribution in [1.29, 1.82) is 0 Å². The van der Waals surface area contributed by atoms with Gasteiger partial charge in [-0.15, -0.1) is 0 Å². The van der Waals surface area contributed by atoms with Crippen LogP contribution in [0.15, 0.2) is 36.7 Å². The number of hydrogen-bond donors (Lipinski definition) is 2. The molecule has 0 saturated heterocycles. The minimum absolute atomic E-state index is 0.0353. The third-order valence-electron chi connectivity index (χ3n) is 4.38. The van der Waals surface area contributed by atoms with E-state index in [1.54, 1.807) is 7.05 Å². The summed E-state index contributed by atoms with van der Waals surface area (Å²) in [5.41, 5.74) is 1.06. The SMILES string of the molecule is CNC(=O)COc1ccccc1CNC[C@H]1CCCn2ccnc21. The van der Waals surface area contributed by atoms with E-state index in [0.29, 0.717) is 12.5 Å². The quantitative estimate of drug-likeness (QED) is 0.811. The van der Waals surface area contributed by atoms with Crippen LogP contribution in [0.25, 0.3) is 0 Å². The number of para-hydroxylation sites is 1. The topological polar surface area (TPSA) is 68.2 Å². The molecule has 0 radical (unpaired) electrons. The highest BCUT2D eigenvalue weighted by atomic mass is 16.5. The van der Waals surface area contributed by atoms with E-state index in [9.17, 15) is 4.79 Å². The van der Waals surface area contributed by atoms with Gasteiger partial charge in [-0.25, -0.2) is 4.98 Å². The van der Waals surface area contributed by atoms with Crippen molar-refractivity contribution in [2.75, 3.05) is 20.2 Å². The van der Waals surface area contributed by atoms with Crippen molar-refractivity contribution in [3.05, 3.63) is 48.0 Å². The van der Waals surface area contributed by atoms with Gasteiger partial charge in [-0.05, 0) is 18.9 Å². The number of nitrogens with zero attached hydrogens (tertiary/aromatic N) is 2. The predicted octanol–water partition coefficient (Wildman–Crippen LogP) is 1.68. The molecular weight excluding hydrogens is 304 g/mol. The second-order valence-electron chi connectivity index (χ2n) is 6.02. The fourth-order valence-corrected chi connectivity index (χ4v) is 3.09. The van der Waals surface area contributed by atoms with Gasteiger partial charge in [-0.3, -0.25) is 4.79 Å². The minimum Gasteiger partial charge on any atom is -0.483 e. The molecule has 0 bridgehead atoms. The first-order valence-corrected chi connectivity index (χ1v) is 8.41. The smallest absolute Gasteiger partial charge is 0.257 e. The number of aromatic nitrogens is 2. The first-order chi connectivity index (χ1) is 11.8. The van der Waals surface area contributed by atoms with Gasteiger partial charge in [0.25, 0.3) is 5.91 Å². The molecule has 0 spiro atoms. The maximum atomic E-state index is 11.3. The lowest BCUT2D eigenvalue weighted by Gasteiger charge is -2.24. The standard InChI is InChI=1S/C18H24N4O2/c1-19-17(23)13-24-16-7-3-2-5-14(16)11-20-12-15-6-4-9-22-10-8-21-18(15)22/h2-3,5,7-8,10,15,20H,4,6,9,11-13H2,1H3,(H,19,23)/t15-/m1/s1. The lowest BCUT2D eigenvalue weighted by atomic mass is 9.99. The van der Waals surface area contributed by atoms with Gasteiger partial charge in [-0.2, -0.15) is 0 Å². The zero-order valence-electron chi connectivity index (χ0n) is 14.0. The molecule has 1 aliphatic heterocycles. The molecule has 1 aromatic carbocycles. The Hall–Kier alpha value is -2.34. The maximum Gasteiger partial charge on any atom is 0.257 e. The van der Waals surface area contributed by atoms with Crippen LogP contribution >= 0.6 is 0 Å². The highest BCUT2D eigenvalue weighted by Crippen LogP contribution is 2.25. The maximum absolute atomic E-state index is 11.3. The van der Waals surface area contributed by atoms with Crippen molar-refractivity contribution >= 4 is 5.91 Å². The van der Waals surface area contributed by atoms with Gasteiger partial charge < -0.3 is 19.9 Å². The number of carbonyl (C=O) groups excluding carboxylic acids is 1. The number of likely N-dealkylation sites (N-methyl/N-ethyl adjacent to an activating group) is 1. The van der Waals surface area contributed by atoms with Crippen LogP contribution < -0.4 is 15.4 Å². The second kappa shape index (κ2) is 7.97.